The van der Waals surface area contributed by atoms with E-state index in [1.807, 2.05) is 0 Å². The number of hydrogen-bond donors (Lipinski definition) is 1. The van der Waals surface area contributed by atoms with Gasteiger partial charge in [0.1, 0.15) is 0 Å². The lowest BCUT2D eigenvalue weighted by Crippen LogP contribution is -2.46. The van der Waals surface area contributed by atoms with Crippen molar-refractivity contribution in [2.24, 2.45) is 0 Å². The molecule has 0 heterocycles. The van der Waals surface area contributed by atoms with Crippen LogP contribution < -0.4 is 5.32 Å². The van der Waals surface area contributed by atoms with E-state index in [1.54, 1.807) is 6.92 Å². The van der Waals surface area contributed by atoms with E-state index in [9.17, 15) is 26.3 Å². The van der Waals surface area contributed by atoms with E-state index in [0.29, 0.717) is 12.8 Å². The summed E-state index contributed by atoms with van der Waals surface area (Å²) in [5.74, 6) is 0. The Morgan fingerprint density at radius 1 is 1.06 bits per heavy atom. The van der Waals surface area contributed by atoms with Gasteiger partial charge >= 0.3 is 12.4 Å². The van der Waals surface area contributed by atoms with Crippen LogP contribution in [0.2, 0.25) is 0 Å². The molecule has 1 atom stereocenters. The highest BCUT2D eigenvalue weighted by Gasteiger charge is 2.58. The summed E-state index contributed by atoms with van der Waals surface area (Å²) in [7, 11) is 1.46. The van der Waals surface area contributed by atoms with Crippen LogP contribution >= 0.6 is 0 Å². The van der Waals surface area contributed by atoms with Gasteiger partial charge in [0.05, 0.1) is 6.61 Å². The molecular formula is C9H15F6NO. The largest absolute Gasteiger partial charge is 0.423 e. The molecule has 0 amide bonds. The zero-order valence-electron chi connectivity index (χ0n) is 9.45. The lowest BCUT2D eigenvalue weighted by Gasteiger charge is -2.25. The van der Waals surface area contributed by atoms with E-state index in [0.717, 1.165) is 0 Å². The summed E-state index contributed by atoms with van der Waals surface area (Å²) in [5.41, 5.74) is 0. The Balaban J connectivity index is 4.46. The molecule has 0 bridgehead atoms. The van der Waals surface area contributed by atoms with Gasteiger partial charge in [0.15, 0.2) is 0 Å². The zero-order valence-corrected chi connectivity index (χ0v) is 9.45. The molecule has 0 aromatic heterocycles. The Hall–Kier alpha value is -0.500. The highest BCUT2D eigenvalue weighted by Crippen LogP contribution is 2.35. The van der Waals surface area contributed by atoms with Crippen molar-refractivity contribution in [2.45, 2.75) is 44.3 Å². The molecule has 8 heteroatoms. The van der Waals surface area contributed by atoms with Crippen LogP contribution in [0.3, 0.4) is 0 Å². The van der Waals surface area contributed by atoms with Crippen LogP contribution in [0, 0.1) is 0 Å². The minimum absolute atomic E-state index is 0.443. The second-order valence-corrected chi connectivity index (χ2v) is 3.57. The third-order valence-electron chi connectivity index (χ3n) is 2.10. The molecule has 17 heavy (non-hydrogen) atoms. The van der Waals surface area contributed by atoms with Crippen LogP contribution in [0.1, 0.15) is 19.8 Å². The summed E-state index contributed by atoms with van der Waals surface area (Å²) in [6, 6.07) is -0.521. The van der Waals surface area contributed by atoms with Gasteiger partial charge in [-0.15, -0.1) is 0 Å². The van der Waals surface area contributed by atoms with Crippen molar-refractivity contribution in [3.8, 4) is 0 Å². The van der Waals surface area contributed by atoms with Crippen LogP contribution in [-0.2, 0) is 4.74 Å². The molecular weight excluding hydrogens is 252 g/mol. The second kappa shape index (κ2) is 6.44. The fourth-order valence-corrected chi connectivity index (χ4v) is 1.25. The molecule has 0 saturated heterocycles. The Labute approximate surface area is 95.3 Å². The molecule has 0 radical (unpaired) electrons. The minimum Gasteiger partial charge on any atom is -0.359 e. The van der Waals surface area contributed by atoms with Gasteiger partial charge < -0.3 is 10.1 Å². The molecule has 104 valence electrons. The highest BCUT2D eigenvalue weighted by molar-refractivity contribution is 4.77. The number of alkyl halides is 6. The van der Waals surface area contributed by atoms with Gasteiger partial charge in [0.2, 0.25) is 6.10 Å². The van der Waals surface area contributed by atoms with Crippen LogP contribution in [0.25, 0.3) is 0 Å². The van der Waals surface area contributed by atoms with Crippen molar-refractivity contribution < 1.29 is 31.1 Å². The summed E-state index contributed by atoms with van der Waals surface area (Å²) < 4.78 is 76.5. The first-order valence-electron chi connectivity index (χ1n) is 5.05. The van der Waals surface area contributed by atoms with E-state index in [1.165, 1.54) is 7.05 Å². The maximum absolute atomic E-state index is 12.1. The van der Waals surface area contributed by atoms with Gasteiger partial charge in [-0.05, 0) is 13.5 Å². The quantitative estimate of drug-likeness (QED) is 0.747. The molecule has 0 rings (SSSR count). The van der Waals surface area contributed by atoms with Crippen LogP contribution in [0.15, 0.2) is 0 Å². The van der Waals surface area contributed by atoms with Crippen molar-refractivity contribution >= 4 is 0 Å². The van der Waals surface area contributed by atoms with Gasteiger partial charge in [-0.1, -0.05) is 13.3 Å². The monoisotopic (exact) mass is 267 g/mol. The smallest absolute Gasteiger partial charge is 0.359 e. The summed E-state index contributed by atoms with van der Waals surface area (Å²) in [6.45, 7) is 1.14. The summed E-state index contributed by atoms with van der Waals surface area (Å²) in [6.07, 6.45) is -13.5. The Morgan fingerprint density at radius 2 is 1.53 bits per heavy atom. The molecule has 0 aromatic rings. The molecule has 1 unspecified atom stereocenters. The summed E-state index contributed by atoms with van der Waals surface area (Å²) >= 11 is 0. The summed E-state index contributed by atoms with van der Waals surface area (Å²) in [4.78, 5) is 0. The fourth-order valence-electron chi connectivity index (χ4n) is 1.25. The first kappa shape index (κ1) is 16.5. The first-order valence-corrected chi connectivity index (χ1v) is 5.05. The van der Waals surface area contributed by atoms with Crippen molar-refractivity contribution in [1.29, 1.82) is 0 Å². The van der Waals surface area contributed by atoms with E-state index in [2.05, 4.69) is 10.1 Å². The van der Waals surface area contributed by atoms with Crippen LogP contribution in [0.5, 0.6) is 0 Å². The standard InChI is InChI=1S/C9H15F6NO/c1-3-4-6(16-2)5-17-7(8(10,11)12)9(13,14)15/h6-7,16H,3-5H2,1-2H3. The molecule has 0 aromatic carbocycles. The first-order chi connectivity index (χ1) is 7.62. The van der Waals surface area contributed by atoms with Crippen molar-refractivity contribution in [3.05, 3.63) is 0 Å². The molecule has 0 saturated carbocycles. The maximum Gasteiger partial charge on any atom is 0.423 e. The van der Waals surface area contributed by atoms with E-state index in [-0.39, 0.29) is 0 Å². The Kier molecular flexibility index (Phi) is 6.25. The highest BCUT2D eigenvalue weighted by atomic mass is 19.4. The fraction of sp³-hybridized carbons (Fsp3) is 1.00. The topological polar surface area (TPSA) is 21.3 Å². The van der Waals surface area contributed by atoms with Crippen molar-refractivity contribution in [3.63, 3.8) is 0 Å². The molecule has 0 aliphatic rings. The maximum atomic E-state index is 12.1. The van der Waals surface area contributed by atoms with Gasteiger partial charge in [0.25, 0.3) is 0 Å². The van der Waals surface area contributed by atoms with Gasteiger partial charge in [-0.25, -0.2) is 0 Å². The number of ether oxygens (including phenoxy) is 1. The zero-order chi connectivity index (χ0) is 13.7. The lowest BCUT2D eigenvalue weighted by atomic mass is 10.2. The molecule has 0 aliphatic heterocycles. The Bertz CT molecular complexity index is 201. The average Bonchev–Trinajstić information content (AvgIpc) is 2.12. The van der Waals surface area contributed by atoms with Gasteiger partial charge in [0, 0.05) is 6.04 Å². The number of rotatable bonds is 6. The van der Waals surface area contributed by atoms with Crippen molar-refractivity contribution in [1.82, 2.24) is 5.32 Å². The molecule has 1 N–H and O–H groups in total. The third-order valence-corrected chi connectivity index (χ3v) is 2.10. The van der Waals surface area contributed by atoms with Crippen LogP contribution in [0.4, 0.5) is 26.3 Å². The summed E-state index contributed by atoms with van der Waals surface area (Å²) in [5, 5.41) is 2.60. The predicted molar refractivity (Wildman–Crippen MR) is 49.6 cm³/mol. The number of halogens is 6. The predicted octanol–water partition coefficient (Wildman–Crippen LogP) is 2.88. The second-order valence-electron chi connectivity index (χ2n) is 3.57. The number of nitrogens with one attached hydrogen (secondary N) is 1. The third kappa shape index (κ3) is 6.11. The minimum atomic E-state index is -5.44. The van der Waals surface area contributed by atoms with Gasteiger partial charge in [-0.2, -0.15) is 26.3 Å². The van der Waals surface area contributed by atoms with Crippen molar-refractivity contribution in [2.75, 3.05) is 13.7 Å². The number of hydrogen-bond acceptors (Lipinski definition) is 2. The van der Waals surface area contributed by atoms with E-state index < -0.39 is 31.1 Å². The average molecular weight is 267 g/mol. The van der Waals surface area contributed by atoms with Crippen LogP contribution in [-0.4, -0.2) is 38.2 Å². The molecule has 0 fully saturated rings. The van der Waals surface area contributed by atoms with E-state index in [4.69, 9.17) is 0 Å². The molecule has 2 nitrogen and oxygen atoms in total. The molecule has 0 spiro atoms. The SMILES string of the molecule is CCCC(COC(C(F)(F)F)C(F)(F)F)NC. The van der Waals surface area contributed by atoms with Gasteiger partial charge in [-0.3, -0.25) is 0 Å². The molecule has 0 aliphatic carbocycles. The van der Waals surface area contributed by atoms with E-state index >= 15 is 0 Å². The number of likely N-dealkylation sites (N-methyl/N-ethyl adjacent to an activating group) is 1. The Morgan fingerprint density at radius 3 is 1.82 bits per heavy atom. The lowest BCUT2D eigenvalue weighted by molar-refractivity contribution is -0.322. The normalized spacial score (nSPS) is 15.4.